The standard InChI is InChI=1S/C23H25FN10O8P2S2/c24-14-17-13(41-22(14)34-9-29-15-18(25)27-7-28-19(15)34)6-40-43(36,45)39-5-11-10(4-38-44(37,46)42-17)3-12(11)33-8-30-16-20(33)31-23-26-1-2-32(23)21(16)35/h1-2,7-14,17,22,35H,3-6H2,(H,36,45)(H,37,46)(H2,25,27,28)/t10-,11-,12-,13-,14-,17-,22-,43+,44-/m1/s1. The summed E-state index contributed by atoms with van der Waals surface area (Å²) >= 11 is 8.27. The monoisotopic (exact) mass is 714 g/mol. The SMILES string of the molecule is Nc1ncnc2c1ncn2[C@@H]1O[C@@H]2CO[P@@](=O)(S)OC[C@@H]3[C@@H](CO[P@@](=O)(S)O[C@H]2[C@H]1F)C[C@H]3n1cnc2c(O)n3ccnc3nc21. The molecule has 5 aromatic rings. The Morgan fingerprint density at radius 1 is 0.957 bits per heavy atom. The fourth-order valence-electron chi connectivity index (χ4n) is 6.15. The molecule has 2 saturated heterocycles. The summed E-state index contributed by atoms with van der Waals surface area (Å²) in [4.78, 5) is 25.2. The van der Waals surface area contributed by atoms with Gasteiger partial charge in [0.1, 0.15) is 24.1 Å². The summed E-state index contributed by atoms with van der Waals surface area (Å²) in [6, 6.07) is -0.303. The highest BCUT2D eigenvalue weighted by Gasteiger charge is 2.52. The van der Waals surface area contributed by atoms with E-state index in [2.05, 4.69) is 54.4 Å². The van der Waals surface area contributed by atoms with Crippen molar-refractivity contribution in [2.24, 2.45) is 11.8 Å². The average Bonchev–Trinajstić information content (AvgIpc) is 3.79. The van der Waals surface area contributed by atoms with Crippen LogP contribution in [-0.2, 0) is 32.0 Å². The largest absolute Gasteiger partial charge is 0.493 e. The molecule has 0 radical (unpaired) electrons. The molecule has 5 aromatic heterocycles. The van der Waals surface area contributed by atoms with E-state index in [4.69, 9.17) is 28.6 Å². The summed E-state index contributed by atoms with van der Waals surface area (Å²) in [6.07, 6.45) is 1.45. The highest BCUT2D eigenvalue weighted by atomic mass is 32.7. The van der Waals surface area contributed by atoms with Gasteiger partial charge in [-0.2, -0.15) is 4.98 Å². The summed E-state index contributed by atoms with van der Waals surface area (Å²) in [5.74, 6) is -0.436. The lowest BCUT2D eigenvalue weighted by Crippen LogP contribution is -2.43. The van der Waals surface area contributed by atoms with E-state index in [9.17, 15) is 14.2 Å². The second kappa shape index (κ2) is 11.1. The predicted molar refractivity (Wildman–Crippen MR) is 163 cm³/mol. The normalized spacial score (nSPS) is 35.7. The molecule has 0 bridgehead atoms. The maximum atomic E-state index is 16.1. The Morgan fingerprint density at radius 3 is 2.57 bits per heavy atom. The molecule has 7 heterocycles. The van der Waals surface area contributed by atoms with Crippen LogP contribution in [0.2, 0.25) is 0 Å². The molecule has 9 atom stereocenters. The van der Waals surface area contributed by atoms with Crippen LogP contribution in [0, 0.1) is 11.8 Å². The number of thiol groups is 2. The van der Waals surface area contributed by atoms with Crippen LogP contribution in [-0.4, -0.2) is 86.7 Å². The van der Waals surface area contributed by atoms with Gasteiger partial charge in [0.25, 0.3) is 0 Å². The van der Waals surface area contributed by atoms with Crippen molar-refractivity contribution in [3.8, 4) is 5.88 Å². The zero-order valence-electron chi connectivity index (χ0n) is 23.3. The highest BCUT2D eigenvalue weighted by molar-refractivity contribution is 8.44. The highest BCUT2D eigenvalue weighted by Crippen LogP contribution is 2.60. The van der Waals surface area contributed by atoms with Gasteiger partial charge < -0.3 is 29.2 Å². The van der Waals surface area contributed by atoms with E-state index in [1.54, 1.807) is 10.8 Å². The van der Waals surface area contributed by atoms with Crippen molar-refractivity contribution >= 4 is 72.0 Å². The van der Waals surface area contributed by atoms with Crippen LogP contribution in [0.4, 0.5) is 10.2 Å². The van der Waals surface area contributed by atoms with Gasteiger partial charge in [-0.1, -0.05) is 24.5 Å². The molecule has 18 nitrogen and oxygen atoms in total. The maximum absolute atomic E-state index is 16.1. The first-order valence-electron chi connectivity index (χ1n) is 13.9. The van der Waals surface area contributed by atoms with E-state index in [0.29, 0.717) is 12.1 Å². The van der Waals surface area contributed by atoms with Crippen LogP contribution in [0.1, 0.15) is 18.7 Å². The number of halogens is 1. The van der Waals surface area contributed by atoms with Crippen molar-refractivity contribution in [2.45, 2.75) is 37.1 Å². The molecule has 0 aromatic carbocycles. The molecule has 0 amide bonds. The molecule has 1 aliphatic carbocycles. The summed E-state index contributed by atoms with van der Waals surface area (Å²) in [7, 11) is 0. The van der Waals surface area contributed by atoms with Gasteiger partial charge in [0.05, 0.1) is 32.5 Å². The van der Waals surface area contributed by atoms with Crippen LogP contribution < -0.4 is 5.73 Å². The Morgan fingerprint density at radius 2 is 1.72 bits per heavy atom. The fraction of sp³-hybridized carbons (Fsp3) is 0.478. The lowest BCUT2D eigenvalue weighted by molar-refractivity contribution is -0.0408. The Hall–Kier alpha value is -2.87. The number of hydrogen-bond acceptors (Lipinski definition) is 15. The number of aromatic nitrogens is 9. The first-order chi connectivity index (χ1) is 22.0. The van der Waals surface area contributed by atoms with E-state index in [1.807, 2.05) is 0 Å². The number of nitrogen functional groups attached to an aromatic ring is 1. The zero-order chi connectivity index (χ0) is 32.0. The number of fused-ring (bicyclic) bond motifs is 5. The Kier molecular flexibility index (Phi) is 7.35. The van der Waals surface area contributed by atoms with Crippen molar-refractivity contribution in [3.05, 3.63) is 31.4 Å². The Balaban J connectivity index is 1.06. The van der Waals surface area contributed by atoms with Crippen LogP contribution in [0.5, 0.6) is 5.88 Å². The van der Waals surface area contributed by atoms with E-state index in [1.165, 1.54) is 34.1 Å². The molecule has 23 heteroatoms. The quantitative estimate of drug-likeness (QED) is 0.153. The van der Waals surface area contributed by atoms with Gasteiger partial charge in [0.15, 0.2) is 35.0 Å². The minimum Gasteiger partial charge on any atom is -0.493 e. The number of aromatic hydroxyl groups is 1. The summed E-state index contributed by atoms with van der Waals surface area (Å²) in [5.41, 5.74) is 6.93. The second-order valence-electron chi connectivity index (χ2n) is 11.1. The third-order valence-corrected chi connectivity index (χ3v) is 11.8. The van der Waals surface area contributed by atoms with Crippen molar-refractivity contribution in [1.29, 1.82) is 0 Å². The number of anilines is 1. The molecule has 3 aliphatic rings. The second-order valence-corrected chi connectivity index (χ2v) is 16.9. The molecular formula is C23H25FN10O8P2S2. The van der Waals surface area contributed by atoms with Gasteiger partial charge in [-0.15, -0.1) is 0 Å². The molecular weight excluding hydrogens is 689 g/mol. The van der Waals surface area contributed by atoms with Crippen molar-refractivity contribution in [2.75, 3.05) is 25.6 Å². The van der Waals surface area contributed by atoms with Crippen LogP contribution in [0.25, 0.3) is 28.1 Å². The van der Waals surface area contributed by atoms with Crippen molar-refractivity contribution in [3.63, 3.8) is 0 Å². The minimum absolute atomic E-state index is 0.0863. The maximum Gasteiger partial charge on any atom is 0.386 e. The summed E-state index contributed by atoms with van der Waals surface area (Å²) in [6.45, 7) is -8.95. The average molecular weight is 715 g/mol. The summed E-state index contributed by atoms with van der Waals surface area (Å²) < 4.78 is 75.7. The van der Waals surface area contributed by atoms with Crippen LogP contribution in [0.15, 0.2) is 31.4 Å². The number of nitrogens with two attached hydrogens (primary N) is 1. The fourth-order valence-corrected chi connectivity index (χ4v) is 8.85. The lowest BCUT2D eigenvalue weighted by Gasteiger charge is -2.45. The number of alkyl halides is 1. The molecule has 0 unspecified atom stereocenters. The first-order valence-corrected chi connectivity index (χ1v) is 19.3. The van der Waals surface area contributed by atoms with E-state index in [-0.39, 0.29) is 65.2 Å². The van der Waals surface area contributed by atoms with E-state index < -0.39 is 44.8 Å². The van der Waals surface area contributed by atoms with E-state index >= 15 is 4.39 Å². The first kappa shape index (κ1) is 30.5. The number of hydrogen-bond donors (Lipinski definition) is 4. The molecule has 2 aliphatic heterocycles. The van der Waals surface area contributed by atoms with Gasteiger partial charge in [-0.3, -0.25) is 18.0 Å². The molecule has 3 fully saturated rings. The third-order valence-electron chi connectivity index (χ3n) is 8.50. The van der Waals surface area contributed by atoms with E-state index in [0.717, 1.165) is 0 Å². The molecule has 244 valence electrons. The van der Waals surface area contributed by atoms with Gasteiger partial charge in [0, 0.05) is 24.4 Å². The molecule has 3 N–H and O–H groups in total. The topological polar surface area (TPSA) is 218 Å². The van der Waals surface area contributed by atoms with Crippen molar-refractivity contribution in [1.82, 2.24) is 43.4 Å². The summed E-state index contributed by atoms with van der Waals surface area (Å²) in [5, 5.41) is 10.7. The predicted octanol–water partition coefficient (Wildman–Crippen LogP) is 3.14. The molecule has 46 heavy (non-hydrogen) atoms. The molecule has 8 rings (SSSR count). The minimum atomic E-state index is -4.18. The van der Waals surface area contributed by atoms with Crippen molar-refractivity contribution < 1.29 is 41.5 Å². The van der Waals surface area contributed by atoms with Gasteiger partial charge in [-0.05, 0) is 12.3 Å². The number of nitrogens with zero attached hydrogens (tertiary/aromatic N) is 9. The molecule has 0 spiro atoms. The smallest absolute Gasteiger partial charge is 0.386 e. The number of imidazole rings is 3. The number of ether oxygens (including phenoxy) is 1. The molecule has 1 saturated carbocycles. The van der Waals surface area contributed by atoms with Gasteiger partial charge in [0.2, 0.25) is 11.7 Å². The van der Waals surface area contributed by atoms with Crippen LogP contribution in [0.3, 0.4) is 0 Å². The van der Waals surface area contributed by atoms with Gasteiger partial charge in [-0.25, -0.2) is 38.4 Å². The Labute approximate surface area is 268 Å². The Bertz CT molecular complexity index is 2080. The zero-order valence-corrected chi connectivity index (χ0v) is 26.9. The third kappa shape index (κ3) is 5.09. The van der Waals surface area contributed by atoms with Crippen LogP contribution >= 0.6 is 38.1 Å². The van der Waals surface area contributed by atoms with Gasteiger partial charge >= 0.3 is 13.6 Å². The lowest BCUT2D eigenvalue weighted by atomic mass is 9.70. The number of rotatable bonds is 2.